The van der Waals surface area contributed by atoms with Gasteiger partial charge in [-0.15, -0.1) is 0 Å². The Bertz CT molecular complexity index is 1130. The molecule has 5 unspecified atom stereocenters. The monoisotopic (exact) mass is 521 g/mol. The van der Waals surface area contributed by atoms with E-state index in [2.05, 4.69) is 36.0 Å². The summed E-state index contributed by atoms with van der Waals surface area (Å²) in [4.78, 5) is 39.8. The van der Waals surface area contributed by atoms with Gasteiger partial charge in [0.25, 0.3) is 0 Å². The molecule has 1 aliphatic heterocycles. The summed E-state index contributed by atoms with van der Waals surface area (Å²) in [5.41, 5.74) is 3.83. The molecule has 0 radical (unpaired) electrons. The number of rotatable bonds is 8. The highest BCUT2D eigenvalue weighted by Gasteiger charge is 2.51. The van der Waals surface area contributed by atoms with Gasteiger partial charge in [0.2, 0.25) is 0 Å². The third kappa shape index (κ3) is 5.53. The highest BCUT2D eigenvalue weighted by Crippen LogP contribution is 2.67. The predicted molar refractivity (Wildman–Crippen MR) is 106 cm³/mol. The van der Waals surface area contributed by atoms with Gasteiger partial charge < -0.3 is 39.9 Å². The van der Waals surface area contributed by atoms with Crippen LogP contribution in [0.15, 0.2) is 12.7 Å². The highest BCUT2D eigenvalue weighted by molar-refractivity contribution is 8.44. The van der Waals surface area contributed by atoms with Gasteiger partial charge in [0.1, 0.15) is 24.1 Å². The Hall–Kier alpha value is -0.930. The molecule has 2 aromatic rings. The fourth-order valence-electron chi connectivity index (χ4n) is 2.84. The van der Waals surface area contributed by atoms with Crippen molar-refractivity contribution in [2.75, 3.05) is 24.9 Å². The Balaban J connectivity index is 1.70. The maximum Gasteiger partial charge on any atom is 0.390 e. The molecule has 0 saturated carbocycles. The average molecular weight is 521 g/mol. The van der Waals surface area contributed by atoms with Crippen molar-refractivity contribution < 1.29 is 52.2 Å². The van der Waals surface area contributed by atoms with Gasteiger partial charge in [-0.1, -0.05) is 12.2 Å². The van der Waals surface area contributed by atoms with E-state index < -0.39 is 59.0 Å². The molecule has 0 spiro atoms. The Kier molecular flexibility index (Phi) is 6.73. The van der Waals surface area contributed by atoms with Gasteiger partial charge in [-0.25, -0.2) is 23.8 Å². The first-order valence-corrected chi connectivity index (χ1v) is 14.4. The standard InChI is InChI=1S/C11H18N5O11P3S/c12-9-7-10(14-3-13-9)16(4-15-7)11(18)2-25-6(8(11)17)1-26-28(19,20)5-29(21,22)27-30(23,24)31/h3-4,6,8,17-18H,1-2,5H2,(H,19,20)(H,21,22)(H2,12,13,14)(H2,23,24,31)/t6-,8?,11?/m1/s1. The normalized spacial score (nSPS) is 30.0. The fraction of sp³-hybridized carbons (Fsp3) is 0.545. The first-order valence-electron chi connectivity index (χ1n) is 8.15. The van der Waals surface area contributed by atoms with Gasteiger partial charge >= 0.3 is 22.0 Å². The second-order valence-electron chi connectivity index (χ2n) is 6.50. The van der Waals surface area contributed by atoms with Crippen LogP contribution in [0.2, 0.25) is 0 Å². The molecule has 1 aliphatic rings. The summed E-state index contributed by atoms with van der Waals surface area (Å²) in [6.07, 6.45) is -0.801. The number of imidazole rings is 1. The van der Waals surface area contributed by atoms with Crippen molar-refractivity contribution in [1.82, 2.24) is 19.5 Å². The van der Waals surface area contributed by atoms with Crippen molar-refractivity contribution in [3.8, 4) is 0 Å². The van der Waals surface area contributed by atoms with Crippen LogP contribution in [-0.4, -0.2) is 75.7 Å². The molecule has 20 heteroatoms. The predicted octanol–water partition coefficient (Wildman–Crippen LogP) is -0.795. The summed E-state index contributed by atoms with van der Waals surface area (Å²) < 4.78 is 49.7. The van der Waals surface area contributed by atoms with Crippen LogP contribution >= 0.6 is 34.2 Å². The molecule has 6 atom stereocenters. The lowest BCUT2D eigenvalue weighted by Gasteiger charge is -2.28. The van der Waals surface area contributed by atoms with Gasteiger partial charge in [-0.2, -0.15) is 0 Å². The third-order valence-electron chi connectivity index (χ3n) is 4.15. The molecular formula is C11H18N5O11P3S. The number of fused-ring (bicyclic) bond motifs is 1. The average Bonchev–Trinajstić information content (AvgIpc) is 3.14. The first-order chi connectivity index (χ1) is 14.1. The molecule has 0 bridgehead atoms. The van der Waals surface area contributed by atoms with Crippen LogP contribution in [0.5, 0.6) is 0 Å². The minimum Gasteiger partial charge on any atom is -0.385 e. The number of hydrogen-bond donors (Lipinski definition) is 7. The second kappa shape index (κ2) is 8.45. The Morgan fingerprint density at radius 3 is 2.58 bits per heavy atom. The molecule has 3 rings (SSSR count). The van der Waals surface area contributed by atoms with E-state index in [1.807, 2.05) is 0 Å². The summed E-state index contributed by atoms with van der Waals surface area (Å²) in [6, 6.07) is 0. The number of ether oxygens (including phenoxy) is 1. The Labute approximate surface area is 178 Å². The zero-order chi connectivity index (χ0) is 23.2. The van der Waals surface area contributed by atoms with Crippen LogP contribution in [0, 0.1) is 0 Å². The van der Waals surface area contributed by atoms with Crippen LogP contribution in [0.4, 0.5) is 5.82 Å². The number of aromatic nitrogens is 4. The summed E-state index contributed by atoms with van der Waals surface area (Å²) >= 11 is 3.05. The molecule has 16 nitrogen and oxygen atoms in total. The zero-order valence-electron chi connectivity index (χ0n) is 15.3. The van der Waals surface area contributed by atoms with E-state index in [-0.39, 0.29) is 17.0 Å². The number of anilines is 1. The van der Waals surface area contributed by atoms with Gasteiger partial charge in [-0.05, 0) is 0 Å². The highest BCUT2D eigenvalue weighted by atomic mass is 32.7. The van der Waals surface area contributed by atoms with Crippen LogP contribution in [0.25, 0.3) is 11.2 Å². The molecule has 0 aromatic carbocycles. The fourth-order valence-corrected chi connectivity index (χ4v) is 8.38. The summed E-state index contributed by atoms with van der Waals surface area (Å²) in [7, 11) is -9.89. The van der Waals surface area contributed by atoms with E-state index in [0.29, 0.717) is 0 Å². The molecular weight excluding hydrogens is 503 g/mol. The van der Waals surface area contributed by atoms with Crippen molar-refractivity contribution in [3.63, 3.8) is 0 Å². The minimum absolute atomic E-state index is 0.0335. The van der Waals surface area contributed by atoms with E-state index in [1.54, 1.807) is 0 Å². The number of nitrogen functional groups attached to an aromatic ring is 1. The number of hydrogen-bond acceptors (Lipinski definition) is 12. The Morgan fingerprint density at radius 1 is 1.26 bits per heavy atom. The van der Waals surface area contributed by atoms with Crippen LogP contribution in [0.1, 0.15) is 0 Å². The second-order valence-corrected chi connectivity index (χ2v) is 13.6. The molecule has 1 saturated heterocycles. The lowest BCUT2D eigenvalue weighted by Crippen LogP contribution is -2.47. The van der Waals surface area contributed by atoms with Crippen LogP contribution < -0.4 is 5.73 Å². The van der Waals surface area contributed by atoms with Crippen LogP contribution in [-0.2, 0) is 33.0 Å². The maximum absolute atomic E-state index is 12.1. The third-order valence-corrected chi connectivity index (χ3v) is 10.1. The van der Waals surface area contributed by atoms with Crippen molar-refractivity contribution in [3.05, 3.63) is 12.7 Å². The molecule has 31 heavy (non-hydrogen) atoms. The first kappa shape index (κ1) is 24.7. The number of nitrogens with two attached hydrogens (primary N) is 1. The quantitative estimate of drug-likeness (QED) is 0.166. The van der Waals surface area contributed by atoms with E-state index in [1.165, 1.54) is 0 Å². The maximum atomic E-state index is 12.1. The number of nitrogens with zero attached hydrogens (tertiary/aromatic N) is 4. The van der Waals surface area contributed by atoms with Crippen molar-refractivity contribution in [2.24, 2.45) is 0 Å². The molecule has 3 heterocycles. The number of aliphatic hydroxyl groups excluding tert-OH is 1. The molecule has 174 valence electrons. The van der Waals surface area contributed by atoms with E-state index in [0.717, 1.165) is 17.2 Å². The van der Waals surface area contributed by atoms with Gasteiger partial charge in [0.05, 0.1) is 19.5 Å². The SMILES string of the molecule is Nc1ncnc2c1ncn2C1(O)CO[C@H](COP(=O)(O)CP(=O)(O)OP(=O)(O)S)C1O. The topological polar surface area (TPSA) is 250 Å². The zero-order valence-corrected chi connectivity index (χ0v) is 18.8. The largest absolute Gasteiger partial charge is 0.390 e. The van der Waals surface area contributed by atoms with Gasteiger partial charge in [-0.3, -0.25) is 13.7 Å². The molecule has 0 amide bonds. The van der Waals surface area contributed by atoms with Crippen LogP contribution in [0.3, 0.4) is 0 Å². The van der Waals surface area contributed by atoms with Gasteiger partial charge in [0.15, 0.2) is 23.1 Å². The minimum atomic E-state index is -5.03. The molecule has 1 fully saturated rings. The van der Waals surface area contributed by atoms with Crippen molar-refractivity contribution in [1.29, 1.82) is 0 Å². The van der Waals surface area contributed by atoms with E-state index in [4.69, 9.17) is 15.4 Å². The summed E-state index contributed by atoms with van der Waals surface area (Å²) in [5, 5.41) is 21.4. The summed E-state index contributed by atoms with van der Waals surface area (Å²) in [6.45, 7) is -6.01. The van der Waals surface area contributed by atoms with E-state index >= 15 is 0 Å². The van der Waals surface area contributed by atoms with Crippen molar-refractivity contribution in [2.45, 2.75) is 17.9 Å². The smallest absolute Gasteiger partial charge is 0.385 e. The number of thiol groups is 1. The lowest BCUT2D eigenvalue weighted by molar-refractivity contribution is -0.109. The number of aliphatic hydroxyl groups is 2. The molecule has 2 aromatic heterocycles. The molecule has 7 N–H and O–H groups in total. The summed E-state index contributed by atoms with van der Waals surface area (Å²) in [5.74, 6) is -1.49. The lowest BCUT2D eigenvalue weighted by atomic mass is 10.1. The van der Waals surface area contributed by atoms with Gasteiger partial charge in [0, 0.05) is 0 Å². The Morgan fingerprint density at radius 2 is 1.94 bits per heavy atom. The van der Waals surface area contributed by atoms with Crippen molar-refractivity contribution >= 4 is 51.2 Å². The van der Waals surface area contributed by atoms with E-state index in [9.17, 15) is 33.7 Å². The molecule has 0 aliphatic carbocycles.